The van der Waals surface area contributed by atoms with E-state index in [9.17, 15) is 4.79 Å². The number of anilines is 1. The van der Waals surface area contributed by atoms with Crippen molar-refractivity contribution in [1.82, 2.24) is 14.9 Å². The first-order chi connectivity index (χ1) is 13.2. The van der Waals surface area contributed by atoms with Crippen LogP contribution in [0.4, 0.5) is 5.13 Å². The van der Waals surface area contributed by atoms with Crippen molar-refractivity contribution in [1.29, 1.82) is 0 Å². The van der Waals surface area contributed by atoms with Crippen molar-refractivity contribution in [2.75, 3.05) is 31.1 Å². The van der Waals surface area contributed by atoms with Crippen LogP contribution in [0.25, 0.3) is 21.1 Å². The first kappa shape index (κ1) is 16.3. The molecule has 1 saturated heterocycles. The van der Waals surface area contributed by atoms with E-state index < -0.39 is 0 Å². The summed E-state index contributed by atoms with van der Waals surface area (Å²) < 4.78 is 1.22. The largest absolute Gasteiger partial charge is 0.360 e. The molecule has 1 amide bonds. The van der Waals surface area contributed by atoms with Crippen molar-refractivity contribution < 1.29 is 4.79 Å². The third-order valence-electron chi connectivity index (χ3n) is 5.19. The molecule has 27 heavy (non-hydrogen) atoms. The molecule has 3 heterocycles. The van der Waals surface area contributed by atoms with Crippen LogP contribution in [0.2, 0.25) is 0 Å². The minimum absolute atomic E-state index is 0.104. The number of aromatic amines is 1. The van der Waals surface area contributed by atoms with Gasteiger partial charge in [-0.05, 0) is 30.7 Å². The maximum atomic E-state index is 13.0. The van der Waals surface area contributed by atoms with E-state index in [2.05, 4.69) is 35.0 Å². The van der Waals surface area contributed by atoms with Gasteiger partial charge in [-0.2, -0.15) is 0 Å². The number of benzene rings is 2. The smallest absolute Gasteiger partial charge is 0.256 e. The van der Waals surface area contributed by atoms with Gasteiger partial charge in [-0.1, -0.05) is 35.6 Å². The Balaban J connectivity index is 1.32. The van der Waals surface area contributed by atoms with Crippen LogP contribution in [0.1, 0.15) is 15.9 Å². The summed E-state index contributed by atoms with van der Waals surface area (Å²) >= 11 is 1.73. The minimum Gasteiger partial charge on any atom is -0.360 e. The number of nitrogens with zero attached hydrogens (tertiary/aromatic N) is 3. The van der Waals surface area contributed by atoms with E-state index >= 15 is 0 Å². The van der Waals surface area contributed by atoms with Gasteiger partial charge >= 0.3 is 0 Å². The maximum Gasteiger partial charge on any atom is 0.256 e. The number of hydrogen-bond donors (Lipinski definition) is 1. The molecule has 2 aromatic heterocycles. The van der Waals surface area contributed by atoms with Crippen LogP contribution >= 0.6 is 11.3 Å². The molecule has 0 unspecified atom stereocenters. The number of aromatic nitrogens is 2. The predicted octanol–water partition coefficient (Wildman–Crippen LogP) is 4.05. The third-order valence-corrected chi connectivity index (χ3v) is 6.27. The van der Waals surface area contributed by atoms with Crippen molar-refractivity contribution in [3.63, 3.8) is 0 Å². The Morgan fingerprint density at radius 2 is 1.93 bits per heavy atom. The molecule has 1 aliphatic rings. The average molecular weight is 376 g/mol. The number of nitrogens with one attached hydrogen (secondary N) is 1. The average Bonchev–Trinajstić information content (AvgIpc) is 3.31. The van der Waals surface area contributed by atoms with Crippen molar-refractivity contribution in [3.05, 3.63) is 59.8 Å². The van der Waals surface area contributed by atoms with Crippen molar-refractivity contribution in [2.45, 2.75) is 6.92 Å². The quantitative estimate of drug-likeness (QED) is 0.574. The Bertz CT molecular complexity index is 1140. The maximum absolute atomic E-state index is 13.0. The van der Waals surface area contributed by atoms with E-state index in [1.54, 1.807) is 11.3 Å². The van der Waals surface area contributed by atoms with Gasteiger partial charge in [0, 0.05) is 43.3 Å². The Labute approximate surface area is 161 Å². The number of H-pyrrole nitrogens is 1. The summed E-state index contributed by atoms with van der Waals surface area (Å²) in [6, 6.07) is 14.3. The molecule has 2 aromatic carbocycles. The zero-order valence-electron chi connectivity index (χ0n) is 15.1. The van der Waals surface area contributed by atoms with Crippen molar-refractivity contribution in [3.8, 4) is 0 Å². The number of para-hydroxylation sites is 1. The van der Waals surface area contributed by atoms with Crippen LogP contribution in [-0.4, -0.2) is 47.0 Å². The standard InChI is InChI=1S/C21H20N4OS/c1-14-6-7-18-19(12-14)27-21(23-18)25-10-8-24(9-11-25)20(26)16-13-22-17-5-3-2-4-15(16)17/h2-7,12-13,22H,8-11H2,1H3. The van der Waals surface area contributed by atoms with Gasteiger partial charge in [0.1, 0.15) is 0 Å². The first-order valence-corrected chi connectivity index (χ1v) is 9.98. The molecular weight excluding hydrogens is 356 g/mol. The summed E-state index contributed by atoms with van der Waals surface area (Å²) in [4.78, 5) is 25.2. The van der Waals surface area contributed by atoms with Gasteiger partial charge < -0.3 is 14.8 Å². The molecule has 0 saturated carbocycles. The first-order valence-electron chi connectivity index (χ1n) is 9.16. The minimum atomic E-state index is 0.104. The fourth-order valence-corrected chi connectivity index (χ4v) is 4.79. The van der Waals surface area contributed by atoms with Gasteiger partial charge in [-0.25, -0.2) is 4.98 Å². The highest BCUT2D eigenvalue weighted by Gasteiger charge is 2.25. The number of piperazine rings is 1. The summed E-state index contributed by atoms with van der Waals surface area (Å²) in [6.07, 6.45) is 1.83. The molecule has 0 bridgehead atoms. The fraction of sp³-hybridized carbons (Fsp3) is 0.238. The van der Waals surface area contributed by atoms with E-state index in [4.69, 9.17) is 4.98 Å². The van der Waals surface area contributed by atoms with Gasteiger partial charge in [-0.3, -0.25) is 4.79 Å². The lowest BCUT2D eigenvalue weighted by molar-refractivity contribution is 0.0749. The summed E-state index contributed by atoms with van der Waals surface area (Å²) in [5.41, 5.74) is 4.07. The second-order valence-electron chi connectivity index (χ2n) is 6.99. The molecule has 0 aliphatic carbocycles. The van der Waals surface area contributed by atoms with Crippen LogP contribution in [0, 0.1) is 6.92 Å². The summed E-state index contributed by atoms with van der Waals surface area (Å²) in [7, 11) is 0. The van der Waals surface area contributed by atoms with Crippen LogP contribution < -0.4 is 4.90 Å². The Morgan fingerprint density at radius 1 is 1.11 bits per heavy atom. The van der Waals surface area contributed by atoms with Gasteiger partial charge in [0.2, 0.25) is 0 Å². The second kappa shape index (κ2) is 6.39. The molecule has 5 nitrogen and oxygen atoms in total. The third kappa shape index (κ3) is 2.86. The lowest BCUT2D eigenvalue weighted by Crippen LogP contribution is -2.48. The molecule has 136 valence electrons. The Kier molecular flexibility index (Phi) is 3.86. The molecule has 5 rings (SSSR count). The number of carbonyl (C=O) groups is 1. The number of thiazole rings is 1. The topological polar surface area (TPSA) is 52.2 Å². The number of carbonyl (C=O) groups excluding carboxylic acids is 1. The molecule has 1 aliphatic heterocycles. The zero-order chi connectivity index (χ0) is 18.4. The van der Waals surface area contributed by atoms with E-state index in [0.29, 0.717) is 13.1 Å². The zero-order valence-corrected chi connectivity index (χ0v) is 15.9. The van der Waals surface area contributed by atoms with E-state index in [-0.39, 0.29) is 5.91 Å². The van der Waals surface area contributed by atoms with Crippen molar-refractivity contribution >= 4 is 43.5 Å². The van der Waals surface area contributed by atoms with Gasteiger partial charge in [0.05, 0.1) is 15.8 Å². The molecule has 1 N–H and O–H groups in total. The van der Waals surface area contributed by atoms with Crippen molar-refractivity contribution in [2.24, 2.45) is 0 Å². The summed E-state index contributed by atoms with van der Waals surface area (Å²) in [5.74, 6) is 0.104. The number of aryl methyl sites for hydroxylation is 1. The van der Waals surface area contributed by atoms with Crippen LogP contribution in [0.15, 0.2) is 48.7 Å². The predicted molar refractivity (Wildman–Crippen MR) is 111 cm³/mol. The molecule has 4 aromatic rings. The highest BCUT2D eigenvalue weighted by molar-refractivity contribution is 7.22. The van der Waals surface area contributed by atoms with Crippen LogP contribution in [-0.2, 0) is 0 Å². The fourth-order valence-electron chi connectivity index (χ4n) is 3.67. The molecule has 1 fully saturated rings. The number of fused-ring (bicyclic) bond motifs is 2. The number of amides is 1. The SMILES string of the molecule is Cc1ccc2nc(N3CCN(C(=O)c4c[nH]c5ccccc45)CC3)sc2c1. The van der Waals surface area contributed by atoms with E-state index in [0.717, 1.165) is 40.2 Å². The van der Waals surface area contributed by atoms with E-state index in [1.807, 2.05) is 35.4 Å². The van der Waals surface area contributed by atoms with Crippen LogP contribution in [0.5, 0.6) is 0 Å². The molecule has 0 atom stereocenters. The lowest BCUT2D eigenvalue weighted by atomic mass is 10.1. The van der Waals surface area contributed by atoms with E-state index in [1.165, 1.54) is 10.3 Å². The van der Waals surface area contributed by atoms with Gasteiger partial charge in [0.25, 0.3) is 5.91 Å². The molecular formula is C21H20N4OS. The normalized spacial score (nSPS) is 15.0. The van der Waals surface area contributed by atoms with Gasteiger partial charge in [0.15, 0.2) is 5.13 Å². The highest BCUT2D eigenvalue weighted by atomic mass is 32.1. The Hall–Kier alpha value is -2.86. The second-order valence-corrected chi connectivity index (χ2v) is 8.00. The molecule has 0 spiro atoms. The molecule has 0 radical (unpaired) electrons. The lowest BCUT2D eigenvalue weighted by Gasteiger charge is -2.34. The molecule has 6 heteroatoms. The van der Waals surface area contributed by atoms with Crippen LogP contribution in [0.3, 0.4) is 0 Å². The highest BCUT2D eigenvalue weighted by Crippen LogP contribution is 2.30. The summed E-state index contributed by atoms with van der Waals surface area (Å²) in [5, 5.41) is 2.04. The monoisotopic (exact) mass is 376 g/mol. The summed E-state index contributed by atoms with van der Waals surface area (Å²) in [6.45, 7) is 5.16. The number of hydrogen-bond acceptors (Lipinski definition) is 4. The van der Waals surface area contributed by atoms with Gasteiger partial charge in [-0.15, -0.1) is 0 Å². The number of rotatable bonds is 2. The Morgan fingerprint density at radius 3 is 2.78 bits per heavy atom.